The Morgan fingerprint density at radius 3 is 2.70 bits per heavy atom. The highest BCUT2D eigenvalue weighted by molar-refractivity contribution is 14.0. The lowest BCUT2D eigenvalue weighted by Gasteiger charge is -2.23. The predicted octanol–water partition coefficient (Wildman–Crippen LogP) is 3.84. The molecule has 0 atom stereocenters. The summed E-state index contributed by atoms with van der Waals surface area (Å²) in [5.74, 6) is 0.529. The van der Waals surface area contributed by atoms with Gasteiger partial charge in [0.2, 0.25) is 0 Å². The molecule has 0 heterocycles. The Bertz CT molecular complexity index is 433. The number of halogens is 2. The minimum absolute atomic E-state index is 0. The van der Waals surface area contributed by atoms with E-state index in [1.54, 1.807) is 0 Å². The van der Waals surface area contributed by atoms with Crippen molar-refractivity contribution in [1.82, 2.24) is 5.32 Å². The second-order valence-corrected chi connectivity index (χ2v) is 6.04. The summed E-state index contributed by atoms with van der Waals surface area (Å²) >= 11 is 6.00. The van der Waals surface area contributed by atoms with Gasteiger partial charge in [0.1, 0.15) is 0 Å². The minimum Gasteiger partial charge on any atom is -0.370 e. The lowest BCUT2D eigenvalue weighted by Crippen LogP contribution is -2.33. The first-order valence-electron chi connectivity index (χ1n) is 6.71. The molecular formula is C15H25ClIN3. The van der Waals surface area contributed by atoms with Crippen LogP contribution in [0.5, 0.6) is 0 Å². The van der Waals surface area contributed by atoms with E-state index in [1.165, 1.54) is 5.56 Å². The summed E-state index contributed by atoms with van der Waals surface area (Å²) in [6.45, 7) is 8.03. The summed E-state index contributed by atoms with van der Waals surface area (Å²) in [5.41, 5.74) is 7.09. The third-order valence-electron chi connectivity index (χ3n) is 2.81. The quantitative estimate of drug-likeness (QED) is 0.426. The molecule has 114 valence electrons. The van der Waals surface area contributed by atoms with Crippen LogP contribution in [0.3, 0.4) is 0 Å². The van der Waals surface area contributed by atoms with Gasteiger partial charge in [-0.05, 0) is 36.0 Å². The molecule has 0 saturated carbocycles. The highest BCUT2D eigenvalue weighted by Crippen LogP contribution is 2.23. The molecule has 0 aromatic heterocycles. The SMILES string of the molecule is CCCNC(N)=NCC(C)(C)Cc1cccc(Cl)c1.I. The number of nitrogens with two attached hydrogens (primary N) is 1. The van der Waals surface area contributed by atoms with Gasteiger partial charge < -0.3 is 11.1 Å². The topological polar surface area (TPSA) is 50.4 Å². The van der Waals surface area contributed by atoms with Crippen LogP contribution in [0.2, 0.25) is 5.02 Å². The van der Waals surface area contributed by atoms with Crippen LogP contribution in [0.4, 0.5) is 0 Å². The molecule has 0 radical (unpaired) electrons. The molecule has 0 unspecified atom stereocenters. The van der Waals surface area contributed by atoms with Crippen LogP contribution in [0.25, 0.3) is 0 Å². The molecule has 1 rings (SSSR count). The first-order chi connectivity index (χ1) is 8.93. The van der Waals surface area contributed by atoms with E-state index in [0.29, 0.717) is 12.5 Å². The van der Waals surface area contributed by atoms with Crippen molar-refractivity contribution in [2.24, 2.45) is 16.1 Å². The van der Waals surface area contributed by atoms with Crippen molar-refractivity contribution in [3.8, 4) is 0 Å². The Morgan fingerprint density at radius 2 is 2.10 bits per heavy atom. The summed E-state index contributed by atoms with van der Waals surface area (Å²) in [7, 11) is 0. The number of nitrogens with one attached hydrogen (secondary N) is 1. The fraction of sp³-hybridized carbons (Fsp3) is 0.533. The number of benzene rings is 1. The van der Waals surface area contributed by atoms with Gasteiger partial charge in [-0.2, -0.15) is 0 Å². The molecule has 3 N–H and O–H groups in total. The lowest BCUT2D eigenvalue weighted by molar-refractivity contribution is 0.377. The summed E-state index contributed by atoms with van der Waals surface area (Å²) in [5, 5.41) is 3.86. The average molecular weight is 410 g/mol. The van der Waals surface area contributed by atoms with Gasteiger partial charge >= 0.3 is 0 Å². The highest BCUT2D eigenvalue weighted by atomic mass is 127. The summed E-state index contributed by atoms with van der Waals surface area (Å²) in [6, 6.07) is 7.97. The highest BCUT2D eigenvalue weighted by Gasteiger charge is 2.18. The zero-order valence-corrected chi connectivity index (χ0v) is 15.5. The van der Waals surface area contributed by atoms with Crippen LogP contribution >= 0.6 is 35.6 Å². The number of hydrogen-bond acceptors (Lipinski definition) is 1. The fourth-order valence-electron chi connectivity index (χ4n) is 1.86. The standard InChI is InChI=1S/C15H24ClN3.HI/c1-4-8-18-14(17)19-11-15(2,3)10-12-6-5-7-13(16)9-12;/h5-7,9H,4,8,10-11H2,1-3H3,(H3,17,18,19);1H. The smallest absolute Gasteiger partial charge is 0.188 e. The maximum Gasteiger partial charge on any atom is 0.188 e. The Balaban J connectivity index is 0.00000361. The molecule has 20 heavy (non-hydrogen) atoms. The van der Waals surface area contributed by atoms with E-state index in [1.807, 2.05) is 18.2 Å². The van der Waals surface area contributed by atoms with Crippen LogP contribution in [0, 0.1) is 5.41 Å². The van der Waals surface area contributed by atoms with Crippen LogP contribution in [-0.2, 0) is 6.42 Å². The minimum atomic E-state index is 0. The largest absolute Gasteiger partial charge is 0.370 e. The molecule has 0 aliphatic heterocycles. The summed E-state index contributed by atoms with van der Waals surface area (Å²) in [4.78, 5) is 4.40. The molecule has 5 heteroatoms. The van der Waals surface area contributed by atoms with Crippen molar-refractivity contribution in [1.29, 1.82) is 0 Å². The maximum absolute atomic E-state index is 6.00. The second-order valence-electron chi connectivity index (χ2n) is 5.60. The van der Waals surface area contributed by atoms with Gasteiger partial charge in [0, 0.05) is 18.1 Å². The van der Waals surface area contributed by atoms with E-state index in [9.17, 15) is 0 Å². The molecule has 0 aliphatic rings. The van der Waals surface area contributed by atoms with E-state index < -0.39 is 0 Å². The Labute approximate surface area is 144 Å². The van der Waals surface area contributed by atoms with Crippen molar-refractivity contribution in [2.45, 2.75) is 33.6 Å². The van der Waals surface area contributed by atoms with Crippen molar-refractivity contribution >= 4 is 41.5 Å². The third kappa shape index (κ3) is 7.94. The Kier molecular flexibility index (Phi) is 9.22. The monoisotopic (exact) mass is 409 g/mol. The predicted molar refractivity (Wildman–Crippen MR) is 99.1 cm³/mol. The molecule has 1 aromatic carbocycles. The van der Waals surface area contributed by atoms with E-state index in [-0.39, 0.29) is 29.4 Å². The van der Waals surface area contributed by atoms with Crippen molar-refractivity contribution in [3.05, 3.63) is 34.9 Å². The zero-order chi connectivity index (χ0) is 14.3. The second kappa shape index (κ2) is 9.45. The molecule has 0 saturated heterocycles. The van der Waals surface area contributed by atoms with Crippen molar-refractivity contribution < 1.29 is 0 Å². The molecular weight excluding hydrogens is 385 g/mol. The van der Waals surface area contributed by atoms with Gasteiger partial charge in [-0.1, -0.05) is 44.5 Å². The number of nitrogens with zero attached hydrogens (tertiary/aromatic N) is 1. The number of guanidine groups is 1. The van der Waals surface area contributed by atoms with Crippen LogP contribution in [0.1, 0.15) is 32.8 Å². The van der Waals surface area contributed by atoms with Gasteiger partial charge in [0.25, 0.3) is 0 Å². The van der Waals surface area contributed by atoms with Crippen molar-refractivity contribution in [3.63, 3.8) is 0 Å². The molecule has 0 bridgehead atoms. The molecule has 0 aliphatic carbocycles. The number of hydrogen-bond donors (Lipinski definition) is 2. The van der Waals surface area contributed by atoms with Crippen LogP contribution in [0.15, 0.2) is 29.3 Å². The van der Waals surface area contributed by atoms with Gasteiger partial charge in [-0.15, -0.1) is 24.0 Å². The molecule has 0 spiro atoms. The van der Waals surface area contributed by atoms with E-state index in [4.69, 9.17) is 17.3 Å². The maximum atomic E-state index is 6.00. The zero-order valence-electron chi connectivity index (χ0n) is 12.4. The van der Waals surface area contributed by atoms with E-state index in [0.717, 1.165) is 24.4 Å². The first kappa shape index (κ1) is 19.5. The van der Waals surface area contributed by atoms with Gasteiger partial charge in [-0.25, -0.2) is 0 Å². The fourth-order valence-corrected chi connectivity index (χ4v) is 2.08. The Hall–Kier alpha value is -0.490. The lowest BCUT2D eigenvalue weighted by atomic mass is 9.86. The van der Waals surface area contributed by atoms with E-state index in [2.05, 4.69) is 37.1 Å². The Morgan fingerprint density at radius 1 is 1.40 bits per heavy atom. The van der Waals surface area contributed by atoms with Gasteiger partial charge in [0.05, 0.1) is 0 Å². The summed E-state index contributed by atoms with van der Waals surface area (Å²) < 4.78 is 0. The van der Waals surface area contributed by atoms with Gasteiger partial charge in [0.15, 0.2) is 5.96 Å². The average Bonchev–Trinajstić information content (AvgIpc) is 2.33. The van der Waals surface area contributed by atoms with Crippen LogP contribution in [-0.4, -0.2) is 19.0 Å². The number of rotatable bonds is 6. The van der Waals surface area contributed by atoms with Gasteiger partial charge in [-0.3, -0.25) is 4.99 Å². The molecule has 0 amide bonds. The van der Waals surface area contributed by atoms with Crippen LogP contribution < -0.4 is 11.1 Å². The molecule has 1 aromatic rings. The molecule has 3 nitrogen and oxygen atoms in total. The van der Waals surface area contributed by atoms with E-state index >= 15 is 0 Å². The first-order valence-corrected chi connectivity index (χ1v) is 7.09. The normalized spacial score (nSPS) is 11.9. The molecule has 0 fully saturated rings. The summed E-state index contributed by atoms with van der Waals surface area (Å²) in [6.07, 6.45) is 1.97. The number of aliphatic imine (C=N–C) groups is 1. The third-order valence-corrected chi connectivity index (χ3v) is 3.04. The van der Waals surface area contributed by atoms with Crippen molar-refractivity contribution in [2.75, 3.05) is 13.1 Å².